The second-order valence-corrected chi connectivity index (χ2v) is 8.64. The highest BCUT2D eigenvalue weighted by Gasteiger charge is 2.49. The number of ether oxygens (including phenoxy) is 1. The summed E-state index contributed by atoms with van der Waals surface area (Å²) in [5, 5.41) is 0. The molecule has 33 heavy (non-hydrogen) atoms. The Balaban J connectivity index is 1.71. The van der Waals surface area contributed by atoms with Crippen molar-refractivity contribution in [1.82, 2.24) is 4.90 Å². The van der Waals surface area contributed by atoms with Gasteiger partial charge in [-0.1, -0.05) is 48.5 Å². The molecule has 1 unspecified atom stereocenters. The van der Waals surface area contributed by atoms with Gasteiger partial charge in [-0.15, -0.1) is 0 Å². The molecule has 0 aromatic heterocycles. The number of hydrogen-bond acceptors (Lipinski definition) is 4. The number of hydrogen-bond donors (Lipinski definition) is 1. The van der Waals surface area contributed by atoms with Crippen LogP contribution in [0.5, 0.6) is 5.75 Å². The lowest BCUT2D eigenvalue weighted by molar-refractivity contribution is -0.129. The van der Waals surface area contributed by atoms with Crippen molar-refractivity contribution < 1.29 is 13.9 Å². The molecule has 1 heterocycles. The number of aliphatic imine (C=N–C) groups is 1. The van der Waals surface area contributed by atoms with Gasteiger partial charge in [0.15, 0.2) is 23.1 Å². The van der Waals surface area contributed by atoms with Gasteiger partial charge in [-0.25, -0.2) is 9.38 Å². The number of carbonyl (C=O) groups is 1. The highest BCUT2D eigenvalue weighted by molar-refractivity contribution is 6.09. The third-order valence-electron chi connectivity index (χ3n) is 6.78. The molecule has 0 fully saturated rings. The number of carbonyl (C=O) groups excluding carboxylic acids is 1. The Morgan fingerprint density at radius 3 is 2.45 bits per heavy atom. The van der Waals surface area contributed by atoms with Crippen molar-refractivity contribution >= 4 is 11.9 Å². The average molecular weight is 444 g/mol. The van der Waals surface area contributed by atoms with Crippen LogP contribution < -0.4 is 10.5 Å². The number of guanidine groups is 1. The molecular formula is C27H26FN3O2. The minimum Gasteiger partial charge on any atom is -0.494 e. The highest BCUT2D eigenvalue weighted by Crippen LogP contribution is 2.42. The van der Waals surface area contributed by atoms with E-state index in [1.807, 2.05) is 30.3 Å². The van der Waals surface area contributed by atoms with Gasteiger partial charge in [-0.2, -0.15) is 0 Å². The Morgan fingerprint density at radius 2 is 1.73 bits per heavy atom. The Kier molecular flexibility index (Phi) is 5.16. The summed E-state index contributed by atoms with van der Waals surface area (Å²) < 4.78 is 20.2. The number of fused-ring (bicyclic) bond motifs is 1. The van der Waals surface area contributed by atoms with E-state index in [0.717, 1.165) is 24.8 Å². The number of halogens is 1. The van der Waals surface area contributed by atoms with Gasteiger partial charge in [-0.3, -0.25) is 9.69 Å². The van der Waals surface area contributed by atoms with E-state index in [2.05, 4.69) is 12.1 Å². The Labute approximate surface area is 192 Å². The van der Waals surface area contributed by atoms with Crippen LogP contribution in [0.1, 0.15) is 35.1 Å². The molecule has 5 nitrogen and oxygen atoms in total. The van der Waals surface area contributed by atoms with Gasteiger partial charge in [0.25, 0.3) is 5.91 Å². The SMILES string of the molecule is COc1cccc(-c2cccc(C3(c4ccc5c(c4)CCCC5)N=C(N)N(C)C3=O)c2)c1F. The van der Waals surface area contributed by atoms with Gasteiger partial charge in [-0.05, 0) is 65.6 Å². The van der Waals surface area contributed by atoms with Crippen molar-refractivity contribution in [2.75, 3.05) is 14.2 Å². The fraction of sp³-hybridized carbons (Fsp3) is 0.259. The first-order valence-corrected chi connectivity index (χ1v) is 11.1. The van der Waals surface area contributed by atoms with Gasteiger partial charge in [0.05, 0.1) is 7.11 Å². The molecule has 1 amide bonds. The lowest BCUT2D eigenvalue weighted by atomic mass is 9.79. The van der Waals surface area contributed by atoms with Crippen LogP contribution in [0.2, 0.25) is 0 Å². The Hall–Kier alpha value is -3.67. The maximum atomic E-state index is 15.0. The summed E-state index contributed by atoms with van der Waals surface area (Å²) in [6, 6.07) is 18.5. The van der Waals surface area contributed by atoms with Gasteiger partial charge < -0.3 is 10.5 Å². The second-order valence-electron chi connectivity index (χ2n) is 8.64. The summed E-state index contributed by atoms with van der Waals surface area (Å²) in [7, 11) is 3.07. The Bertz CT molecular complexity index is 1290. The third kappa shape index (κ3) is 3.28. The molecule has 3 aromatic carbocycles. The number of amides is 1. The monoisotopic (exact) mass is 443 g/mol. The predicted octanol–water partition coefficient (Wildman–Crippen LogP) is 4.41. The summed E-state index contributed by atoms with van der Waals surface area (Å²) in [4.78, 5) is 19.8. The highest BCUT2D eigenvalue weighted by atomic mass is 19.1. The molecule has 168 valence electrons. The van der Waals surface area contributed by atoms with Crippen LogP contribution >= 0.6 is 0 Å². The second kappa shape index (κ2) is 8.03. The van der Waals surface area contributed by atoms with Crippen LogP contribution in [-0.2, 0) is 23.2 Å². The molecule has 1 atom stereocenters. The van der Waals surface area contributed by atoms with Crippen molar-refractivity contribution in [2.45, 2.75) is 31.2 Å². The molecule has 6 heteroatoms. The summed E-state index contributed by atoms with van der Waals surface area (Å²) in [5.41, 5.74) is 9.88. The number of nitrogens with two attached hydrogens (primary N) is 1. The van der Waals surface area contributed by atoms with Crippen LogP contribution in [0.3, 0.4) is 0 Å². The standard InChI is InChI=1S/C27H26FN3O2/c1-31-25(32)27(30-26(31)29,21-14-13-17-7-3-4-8-18(17)15-21)20-10-5-9-19(16-20)22-11-6-12-23(33-2)24(22)28/h5-6,9-16H,3-4,7-8H2,1-2H3,(H2,29,30). The molecule has 0 saturated heterocycles. The number of rotatable bonds is 4. The molecule has 1 aliphatic heterocycles. The van der Waals surface area contributed by atoms with E-state index in [1.54, 1.807) is 25.2 Å². The van der Waals surface area contributed by atoms with Crippen molar-refractivity contribution in [3.05, 3.63) is 88.7 Å². The summed E-state index contributed by atoms with van der Waals surface area (Å²) in [6.07, 6.45) is 4.34. The van der Waals surface area contributed by atoms with Gasteiger partial charge >= 0.3 is 0 Å². The molecule has 1 aliphatic carbocycles. The lowest BCUT2D eigenvalue weighted by Crippen LogP contribution is -2.41. The number of nitrogens with zero attached hydrogens (tertiary/aromatic N) is 2. The van der Waals surface area contributed by atoms with E-state index in [0.29, 0.717) is 16.7 Å². The average Bonchev–Trinajstić information content (AvgIpc) is 3.08. The van der Waals surface area contributed by atoms with E-state index < -0.39 is 11.4 Å². The zero-order chi connectivity index (χ0) is 23.2. The minimum absolute atomic E-state index is 0.163. The maximum absolute atomic E-state index is 15.0. The number of benzene rings is 3. The molecule has 5 rings (SSSR count). The largest absolute Gasteiger partial charge is 0.494 e. The minimum atomic E-state index is -1.31. The van der Waals surface area contributed by atoms with Crippen LogP contribution in [0.4, 0.5) is 4.39 Å². The van der Waals surface area contributed by atoms with Crippen LogP contribution in [0.25, 0.3) is 11.1 Å². The van der Waals surface area contributed by atoms with Crippen molar-refractivity contribution in [3.8, 4) is 16.9 Å². The van der Waals surface area contributed by atoms with E-state index in [-0.39, 0.29) is 17.6 Å². The van der Waals surface area contributed by atoms with Crippen molar-refractivity contribution in [1.29, 1.82) is 0 Å². The molecule has 0 radical (unpaired) electrons. The first kappa shape index (κ1) is 21.2. The van der Waals surface area contributed by atoms with E-state index in [4.69, 9.17) is 15.5 Å². The quantitative estimate of drug-likeness (QED) is 0.650. The number of likely N-dealkylation sites (N-methyl/N-ethyl adjacent to an activating group) is 1. The van der Waals surface area contributed by atoms with Crippen molar-refractivity contribution in [3.63, 3.8) is 0 Å². The van der Waals surface area contributed by atoms with E-state index in [9.17, 15) is 4.79 Å². The van der Waals surface area contributed by atoms with E-state index >= 15 is 4.39 Å². The van der Waals surface area contributed by atoms with Crippen LogP contribution in [0, 0.1) is 5.82 Å². The maximum Gasteiger partial charge on any atom is 0.266 e. The number of methoxy groups -OCH3 is 1. The molecule has 2 N–H and O–H groups in total. The summed E-state index contributed by atoms with van der Waals surface area (Å²) >= 11 is 0. The van der Waals surface area contributed by atoms with Gasteiger partial charge in [0, 0.05) is 12.6 Å². The first-order chi connectivity index (χ1) is 16.0. The van der Waals surface area contributed by atoms with Crippen LogP contribution in [0.15, 0.2) is 65.7 Å². The molecule has 2 aliphatic rings. The first-order valence-electron chi connectivity index (χ1n) is 11.1. The molecule has 0 bridgehead atoms. The fourth-order valence-electron chi connectivity index (χ4n) is 4.95. The van der Waals surface area contributed by atoms with Gasteiger partial charge in [0.2, 0.25) is 0 Å². The summed E-state index contributed by atoms with van der Waals surface area (Å²) in [5.74, 6) is -0.339. The molecule has 0 spiro atoms. The van der Waals surface area contributed by atoms with Crippen molar-refractivity contribution in [2.24, 2.45) is 10.7 Å². The smallest absolute Gasteiger partial charge is 0.266 e. The summed E-state index contributed by atoms with van der Waals surface area (Å²) in [6.45, 7) is 0. The fourth-order valence-corrected chi connectivity index (χ4v) is 4.95. The van der Waals surface area contributed by atoms with Crippen LogP contribution in [-0.4, -0.2) is 30.9 Å². The zero-order valence-electron chi connectivity index (χ0n) is 18.8. The van der Waals surface area contributed by atoms with E-state index in [1.165, 1.54) is 29.6 Å². The lowest BCUT2D eigenvalue weighted by Gasteiger charge is -2.28. The van der Waals surface area contributed by atoms with Gasteiger partial charge in [0.1, 0.15) is 0 Å². The third-order valence-corrected chi connectivity index (χ3v) is 6.78. The Morgan fingerprint density at radius 1 is 1.00 bits per heavy atom. The molecule has 0 saturated carbocycles. The molecule has 3 aromatic rings. The normalized spacial score (nSPS) is 19.9. The number of aryl methyl sites for hydroxylation is 2. The predicted molar refractivity (Wildman–Crippen MR) is 127 cm³/mol. The molecular weight excluding hydrogens is 417 g/mol. The topological polar surface area (TPSA) is 67.9 Å². The zero-order valence-corrected chi connectivity index (χ0v) is 18.8.